The lowest BCUT2D eigenvalue weighted by Crippen LogP contribution is -2.31. The minimum absolute atomic E-state index is 0.0119. The average Bonchev–Trinajstić information content (AvgIpc) is 3.14. The minimum Gasteiger partial charge on any atom is -0.497 e. The molecule has 148 valence electrons. The maximum Gasteiger partial charge on any atom is 0.246 e. The van der Waals surface area contributed by atoms with E-state index in [0.29, 0.717) is 41.0 Å². The molecule has 0 fully saturated rings. The molecule has 3 aromatic rings. The summed E-state index contributed by atoms with van der Waals surface area (Å²) in [6, 6.07) is 8.84. The van der Waals surface area contributed by atoms with E-state index in [9.17, 15) is 4.79 Å². The molecular formula is C18H21N5O5. The van der Waals surface area contributed by atoms with E-state index >= 15 is 0 Å². The Morgan fingerprint density at radius 2 is 1.96 bits per heavy atom. The van der Waals surface area contributed by atoms with E-state index < -0.39 is 0 Å². The molecule has 0 atom stereocenters. The number of benzene rings is 1. The van der Waals surface area contributed by atoms with Crippen LogP contribution >= 0.6 is 0 Å². The van der Waals surface area contributed by atoms with Crippen molar-refractivity contribution in [2.24, 2.45) is 0 Å². The van der Waals surface area contributed by atoms with Gasteiger partial charge in [0.15, 0.2) is 11.5 Å². The molecule has 1 N–H and O–H groups in total. The number of carbonyl (C=O) groups is 1. The van der Waals surface area contributed by atoms with E-state index in [1.165, 1.54) is 7.11 Å². The summed E-state index contributed by atoms with van der Waals surface area (Å²) in [5, 5.41) is 15.4. The molecule has 28 heavy (non-hydrogen) atoms. The Kier molecular flexibility index (Phi) is 6.22. The van der Waals surface area contributed by atoms with E-state index in [1.807, 2.05) is 12.1 Å². The number of rotatable bonds is 9. The molecule has 0 spiro atoms. The molecule has 0 saturated heterocycles. The van der Waals surface area contributed by atoms with Crippen molar-refractivity contribution >= 4 is 11.6 Å². The predicted molar refractivity (Wildman–Crippen MR) is 99.7 cm³/mol. The Bertz CT molecular complexity index is 959. The van der Waals surface area contributed by atoms with Gasteiger partial charge in [-0.2, -0.15) is 4.52 Å². The fourth-order valence-electron chi connectivity index (χ4n) is 2.53. The minimum atomic E-state index is -0.206. The average molecular weight is 387 g/mol. The van der Waals surface area contributed by atoms with Crippen molar-refractivity contribution in [3.05, 3.63) is 30.3 Å². The molecule has 0 aliphatic rings. The first-order valence-electron chi connectivity index (χ1n) is 8.49. The van der Waals surface area contributed by atoms with Crippen LogP contribution in [-0.2, 0) is 9.53 Å². The lowest BCUT2D eigenvalue weighted by Gasteiger charge is -2.10. The molecule has 0 bridgehead atoms. The summed E-state index contributed by atoms with van der Waals surface area (Å²) >= 11 is 0. The van der Waals surface area contributed by atoms with Crippen molar-refractivity contribution in [2.45, 2.75) is 0 Å². The first kappa shape index (κ1) is 19.4. The van der Waals surface area contributed by atoms with Gasteiger partial charge in [0.25, 0.3) is 0 Å². The van der Waals surface area contributed by atoms with Crippen molar-refractivity contribution in [2.75, 3.05) is 41.1 Å². The highest BCUT2D eigenvalue weighted by Crippen LogP contribution is 2.32. The van der Waals surface area contributed by atoms with E-state index in [2.05, 4.69) is 20.6 Å². The highest BCUT2D eigenvalue weighted by molar-refractivity contribution is 5.77. The Labute approximate surface area is 161 Å². The number of carbonyl (C=O) groups excluding carboxylic acids is 1. The Morgan fingerprint density at radius 1 is 1.11 bits per heavy atom. The number of amides is 1. The SMILES string of the molecule is COCC(=O)NCCOc1ccc2nnc(-c3ccc(OC)cc3OC)n2n1. The van der Waals surface area contributed by atoms with Gasteiger partial charge in [-0.05, 0) is 18.2 Å². The fourth-order valence-corrected chi connectivity index (χ4v) is 2.53. The summed E-state index contributed by atoms with van der Waals surface area (Å²) in [5.41, 5.74) is 1.28. The zero-order chi connectivity index (χ0) is 19.9. The van der Waals surface area contributed by atoms with Crippen LogP contribution in [-0.4, -0.2) is 66.8 Å². The fraction of sp³-hybridized carbons (Fsp3) is 0.333. The number of methoxy groups -OCH3 is 3. The van der Waals surface area contributed by atoms with Crippen molar-refractivity contribution < 1.29 is 23.7 Å². The molecule has 1 aromatic carbocycles. The number of nitrogens with zero attached hydrogens (tertiary/aromatic N) is 4. The quantitative estimate of drug-likeness (QED) is 0.541. The Morgan fingerprint density at radius 3 is 2.71 bits per heavy atom. The molecule has 3 rings (SSSR count). The number of nitrogens with one attached hydrogen (secondary N) is 1. The standard InChI is InChI=1S/C18H21N5O5/c1-25-11-16(24)19-8-9-28-17-7-6-15-20-21-18(23(15)22-17)13-5-4-12(26-2)10-14(13)27-3/h4-7,10H,8-9,11H2,1-3H3,(H,19,24). The van der Waals surface area contributed by atoms with Gasteiger partial charge >= 0.3 is 0 Å². The van der Waals surface area contributed by atoms with E-state index in [4.69, 9.17) is 18.9 Å². The van der Waals surface area contributed by atoms with Gasteiger partial charge in [-0.25, -0.2) is 0 Å². The lowest BCUT2D eigenvalue weighted by molar-refractivity contribution is -0.124. The molecule has 2 aromatic heterocycles. The Balaban J connectivity index is 1.79. The number of ether oxygens (including phenoxy) is 4. The van der Waals surface area contributed by atoms with Crippen LogP contribution in [0.2, 0.25) is 0 Å². The van der Waals surface area contributed by atoms with Gasteiger partial charge in [0, 0.05) is 19.2 Å². The van der Waals surface area contributed by atoms with Crippen LogP contribution in [0.3, 0.4) is 0 Å². The summed E-state index contributed by atoms with van der Waals surface area (Å²) in [5.74, 6) is 1.93. The molecule has 0 aliphatic heterocycles. The molecule has 10 nitrogen and oxygen atoms in total. The first-order chi connectivity index (χ1) is 13.7. The highest BCUT2D eigenvalue weighted by atomic mass is 16.5. The third-order valence-corrected chi connectivity index (χ3v) is 3.84. The molecule has 0 aliphatic carbocycles. The molecule has 2 heterocycles. The molecule has 0 unspecified atom stereocenters. The number of hydrogen-bond acceptors (Lipinski definition) is 8. The Hall–Kier alpha value is -3.40. The topological polar surface area (TPSA) is 109 Å². The smallest absolute Gasteiger partial charge is 0.246 e. The van der Waals surface area contributed by atoms with Crippen molar-refractivity contribution in [3.63, 3.8) is 0 Å². The summed E-state index contributed by atoms with van der Waals surface area (Å²) < 4.78 is 22.6. The number of aromatic nitrogens is 4. The van der Waals surface area contributed by atoms with Crippen LogP contribution in [0.1, 0.15) is 0 Å². The predicted octanol–water partition coefficient (Wildman–Crippen LogP) is 0.950. The van der Waals surface area contributed by atoms with Crippen LogP contribution in [0.5, 0.6) is 17.4 Å². The van der Waals surface area contributed by atoms with Crippen molar-refractivity contribution in [1.29, 1.82) is 0 Å². The maximum atomic E-state index is 11.4. The number of hydrogen-bond donors (Lipinski definition) is 1. The molecule has 0 saturated carbocycles. The van der Waals surface area contributed by atoms with Crippen LogP contribution in [0.4, 0.5) is 0 Å². The molecule has 10 heteroatoms. The van der Waals surface area contributed by atoms with Crippen LogP contribution in [0.15, 0.2) is 30.3 Å². The van der Waals surface area contributed by atoms with Crippen LogP contribution in [0, 0.1) is 0 Å². The van der Waals surface area contributed by atoms with Crippen LogP contribution < -0.4 is 19.5 Å². The zero-order valence-electron chi connectivity index (χ0n) is 15.8. The third kappa shape index (κ3) is 4.29. The van der Waals surface area contributed by atoms with Gasteiger partial charge < -0.3 is 24.3 Å². The summed E-state index contributed by atoms with van der Waals surface area (Å²) in [7, 11) is 4.62. The van der Waals surface area contributed by atoms with Crippen molar-refractivity contribution in [1.82, 2.24) is 25.1 Å². The lowest BCUT2D eigenvalue weighted by atomic mass is 10.2. The van der Waals surface area contributed by atoms with E-state index in [0.717, 1.165) is 0 Å². The van der Waals surface area contributed by atoms with Gasteiger partial charge in [0.1, 0.15) is 24.7 Å². The van der Waals surface area contributed by atoms with Crippen molar-refractivity contribution in [3.8, 4) is 28.8 Å². The second kappa shape index (κ2) is 9.00. The van der Waals surface area contributed by atoms with Gasteiger partial charge in [0.2, 0.25) is 11.8 Å². The summed E-state index contributed by atoms with van der Waals surface area (Å²) in [4.78, 5) is 11.4. The van der Waals surface area contributed by atoms with Gasteiger partial charge in [-0.15, -0.1) is 15.3 Å². The second-order valence-electron chi connectivity index (χ2n) is 5.66. The molecular weight excluding hydrogens is 366 g/mol. The van der Waals surface area contributed by atoms with E-state index in [1.54, 1.807) is 36.9 Å². The molecule has 0 radical (unpaired) electrons. The summed E-state index contributed by atoms with van der Waals surface area (Å²) in [6.45, 7) is 0.610. The summed E-state index contributed by atoms with van der Waals surface area (Å²) in [6.07, 6.45) is 0. The monoisotopic (exact) mass is 387 g/mol. The van der Waals surface area contributed by atoms with Gasteiger partial charge in [0.05, 0.1) is 26.3 Å². The normalized spacial score (nSPS) is 10.7. The molecule has 1 amide bonds. The maximum absolute atomic E-state index is 11.4. The van der Waals surface area contributed by atoms with E-state index in [-0.39, 0.29) is 19.1 Å². The second-order valence-corrected chi connectivity index (χ2v) is 5.66. The highest BCUT2D eigenvalue weighted by Gasteiger charge is 2.15. The number of fused-ring (bicyclic) bond motifs is 1. The van der Waals surface area contributed by atoms with Gasteiger partial charge in [-0.3, -0.25) is 4.79 Å². The third-order valence-electron chi connectivity index (χ3n) is 3.84. The van der Waals surface area contributed by atoms with Crippen LogP contribution in [0.25, 0.3) is 17.0 Å². The zero-order valence-corrected chi connectivity index (χ0v) is 15.8. The van der Waals surface area contributed by atoms with Gasteiger partial charge in [-0.1, -0.05) is 0 Å². The largest absolute Gasteiger partial charge is 0.497 e. The first-order valence-corrected chi connectivity index (χ1v) is 8.49.